The van der Waals surface area contributed by atoms with Gasteiger partial charge in [0.1, 0.15) is 0 Å². The third-order valence-corrected chi connectivity index (χ3v) is 3.55. The van der Waals surface area contributed by atoms with Gasteiger partial charge in [-0.15, -0.1) is 0 Å². The molecule has 0 spiro atoms. The monoisotopic (exact) mass is 379 g/mol. The average molecular weight is 380 g/mol. The molecule has 0 aliphatic heterocycles. The van der Waals surface area contributed by atoms with Crippen LogP contribution in [0.2, 0.25) is 10.0 Å². The van der Waals surface area contributed by atoms with Gasteiger partial charge in [-0.1, -0.05) is 55.2 Å². The van der Waals surface area contributed by atoms with E-state index in [-0.39, 0.29) is 0 Å². The van der Waals surface area contributed by atoms with E-state index in [0.717, 1.165) is 0 Å². The molecule has 5 nitrogen and oxygen atoms in total. The number of hydrogen-bond acceptors (Lipinski definition) is 3. The van der Waals surface area contributed by atoms with Gasteiger partial charge >= 0.3 is 6.03 Å². The third-order valence-electron chi connectivity index (χ3n) is 2.99. The zero-order valence-electron chi connectivity index (χ0n) is 13.9. The van der Waals surface area contributed by atoms with Gasteiger partial charge in [-0.25, -0.2) is 10.2 Å². The number of ether oxygens (including phenoxy) is 1. The van der Waals surface area contributed by atoms with Crippen molar-refractivity contribution in [1.29, 1.82) is 0 Å². The summed E-state index contributed by atoms with van der Waals surface area (Å²) in [6.07, 6.45) is 1.45. The summed E-state index contributed by atoms with van der Waals surface area (Å²) in [5, 5.41) is 7.31. The fourth-order valence-corrected chi connectivity index (χ4v) is 2.50. The second-order valence-electron chi connectivity index (χ2n) is 5.71. The molecule has 0 aliphatic rings. The fourth-order valence-electron chi connectivity index (χ4n) is 1.89. The number of amides is 2. The molecule has 0 atom stereocenters. The van der Waals surface area contributed by atoms with Crippen molar-refractivity contribution >= 4 is 41.1 Å². The molecule has 0 bridgehead atoms. The number of anilines is 1. The maximum Gasteiger partial charge on any atom is 0.339 e. The molecular weight excluding hydrogens is 361 g/mol. The SMILES string of the molecule is CC(C)COc1c(Cl)cc(/C=N/NC(=O)Nc2ccccc2)cc1Cl. The van der Waals surface area contributed by atoms with Crippen LogP contribution in [0.15, 0.2) is 47.6 Å². The maximum absolute atomic E-state index is 11.7. The van der Waals surface area contributed by atoms with Gasteiger partial charge in [0.05, 0.1) is 22.9 Å². The second kappa shape index (κ2) is 9.30. The van der Waals surface area contributed by atoms with Crippen LogP contribution in [0.3, 0.4) is 0 Å². The molecule has 2 amide bonds. The minimum absolute atomic E-state index is 0.362. The van der Waals surface area contributed by atoms with Crippen LogP contribution in [0.4, 0.5) is 10.5 Å². The Morgan fingerprint density at radius 2 is 1.84 bits per heavy atom. The maximum atomic E-state index is 11.7. The topological polar surface area (TPSA) is 62.7 Å². The number of nitrogens with zero attached hydrogens (tertiary/aromatic N) is 1. The number of para-hydroxylation sites is 1. The van der Waals surface area contributed by atoms with Gasteiger partial charge in [0.2, 0.25) is 0 Å². The standard InChI is InChI=1S/C18H19Cl2N3O2/c1-12(2)11-25-17-15(19)8-13(9-16(17)20)10-21-23-18(24)22-14-6-4-3-5-7-14/h3-10,12H,11H2,1-2H3,(H2,22,23,24)/b21-10+. The molecule has 2 N–H and O–H groups in total. The molecule has 2 rings (SSSR count). The number of carbonyl (C=O) groups excluding carboxylic acids is 1. The number of halogens is 2. The Morgan fingerprint density at radius 1 is 1.20 bits per heavy atom. The molecule has 0 saturated heterocycles. The van der Waals surface area contributed by atoms with Crippen LogP contribution >= 0.6 is 23.2 Å². The van der Waals surface area contributed by atoms with E-state index in [1.165, 1.54) is 6.21 Å². The van der Waals surface area contributed by atoms with Crippen molar-refractivity contribution in [2.45, 2.75) is 13.8 Å². The summed E-state index contributed by atoms with van der Waals surface area (Å²) in [6, 6.07) is 12.0. The van der Waals surface area contributed by atoms with Crippen molar-refractivity contribution in [3.63, 3.8) is 0 Å². The van der Waals surface area contributed by atoms with Crippen molar-refractivity contribution < 1.29 is 9.53 Å². The van der Waals surface area contributed by atoms with Crippen LogP contribution < -0.4 is 15.5 Å². The summed E-state index contributed by atoms with van der Waals surface area (Å²) in [5.41, 5.74) is 3.69. The Hall–Kier alpha value is -2.24. The fraction of sp³-hybridized carbons (Fsp3) is 0.222. The molecule has 0 radical (unpaired) electrons. The molecule has 0 aromatic heterocycles. The molecule has 7 heteroatoms. The normalized spacial score (nSPS) is 10.9. The van der Waals surface area contributed by atoms with Crippen molar-refractivity contribution in [2.75, 3.05) is 11.9 Å². The average Bonchev–Trinajstić information content (AvgIpc) is 2.54. The second-order valence-corrected chi connectivity index (χ2v) is 6.52. The van der Waals surface area contributed by atoms with E-state index in [9.17, 15) is 4.79 Å². The molecule has 0 aliphatic carbocycles. The van der Waals surface area contributed by atoms with Gasteiger partial charge in [-0.05, 0) is 35.7 Å². The van der Waals surface area contributed by atoms with E-state index in [0.29, 0.717) is 39.6 Å². The summed E-state index contributed by atoms with van der Waals surface area (Å²) >= 11 is 12.4. The highest BCUT2D eigenvalue weighted by Gasteiger charge is 2.10. The Labute approximate surface area is 157 Å². The summed E-state index contributed by atoms with van der Waals surface area (Å²) in [5.74, 6) is 0.810. The highest BCUT2D eigenvalue weighted by molar-refractivity contribution is 6.37. The first-order valence-electron chi connectivity index (χ1n) is 7.72. The quantitative estimate of drug-likeness (QED) is 0.536. The van der Waals surface area contributed by atoms with Crippen LogP contribution in [0.25, 0.3) is 0 Å². The highest BCUT2D eigenvalue weighted by Crippen LogP contribution is 2.34. The smallest absolute Gasteiger partial charge is 0.339 e. The Balaban J connectivity index is 1.95. The number of hydrogen-bond donors (Lipinski definition) is 2. The highest BCUT2D eigenvalue weighted by atomic mass is 35.5. The minimum Gasteiger partial charge on any atom is -0.490 e. The van der Waals surface area contributed by atoms with Gasteiger partial charge in [-0.2, -0.15) is 5.10 Å². The first-order valence-corrected chi connectivity index (χ1v) is 8.48. The molecule has 2 aromatic rings. The van der Waals surface area contributed by atoms with Gasteiger partial charge in [0.15, 0.2) is 5.75 Å². The van der Waals surface area contributed by atoms with Gasteiger partial charge in [0, 0.05) is 5.69 Å². The zero-order valence-corrected chi connectivity index (χ0v) is 15.4. The minimum atomic E-state index is -0.448. The lowest BCUT2D eigenvalue weighted by Crippen LogP contribution is -2.24. The first-order chi connectivity index (χ1) is 12.0. The number of hydrazone groups is 1. The Kier molecular flexibility index (Phi) is 7.10. The van der Waals surface area contributed by atoms with Crippen molar-refractivity contribution in [1.82, 2.24) is 5.43 Å². The number of nitrogens with one attached hydrogen (secondary N) is 2. The third kappa shape index (κ3) is 6.29. The van der Waals surface area contributed by atoms with E-state index in [1.807, 2.05) is 32.0 Å². The van der Waals surface area contributed by atoms with Crippen LogP contribution in [-0.4, -0.2) is 18.9 Å². The van der Waals surface area contributed by atoms with Gasteiger partial charge in [0.25, 0.3) is 0 Å². The van der Waals surface area contributed by atoms with E-state index >= 15 is 0 Å². The largest absolute Gasteiger partial charge is 0.490 e. The predicted octanol–water partition coefficient (Wildman–Crippen LogP) is 5.18. The lowest BCUT2D eigenvalue weighted by molar-refractivity contribution is 0.252. The van der Waals surface area contributed by atoms with Crippen molar-refractivity contribution in [3.8, 4) is 5.75 Å². The number of urea groups is 1. The molecule has 0 unspecified atom stereocenters. The van der Waals surface area contributed by atoms with E-state index in [2.05, 4.69) is 15.8 Å². The number of benzene rings is 2. The summed E-state index contributed by atoms with van der Waals surface area (Å²) in [4.78, 5) is 11.7. The van der Waals surface area contributed by atoms with Gasteiger partial charge < -0.3 is 10.1 Å². The summed E-state index contributed by atoms with van der Waals surface area (Å²) < 4.78 is 5.60. The van der Waals surface area contributed by atoms with Crippen LogP contribution in [0.5, 0.6) is 5.75 Å². The molecule has 2 aromatic carbocycles. The number of carbonyl (C=O) groups is 1. The zero-order chi connectivity index (χ0) is 18.2. The summed E-state index contributed by atoms with van der Waals surface area (Å²) in [7, 11) is 0. The van der Waals surface area contributed by atoms with Crippen molar-refractivity contribution in [2.24, 2.45) is 11.0 Å². The molecule has 132 valence electrons. The molecule has 0 fully saturated rings. The number of rotatable bonds is 6. The van der Waals surface area contributed by atoms with Crippen LogP contribution in [0.1, 0.15) is 19.4 Å². The van der Waals surface area contributed by atoms with Gasteiger partial charge in [-0.3, -0.25) is 0 Å². The Morgan fingerprint density at radius 3 is 2.44 bits per heavy atom. The van der Waals surface area contributed by atoms with E-state index in [4.69, 9.17) is 27.9 Å². The van der Waals surface area contributed by atoms with Crippen LogP contribution in [0, 0.1) is 5.92 Å². The molecular formula is C18H19Cl2N3O2. The van der Waals surface area contributed by atoms with Crippen LogP contribution in [-0.2, 0) is 0 Å². The lowest BCUT2D eigenvalue weighted by Gasteiger charge is -2.12. The molecule has 0 saturated carbocycles. The lowest BCUT2D eigenvalue weighted by atomic mass is 10.2. The predicted molar refractivity (Wildman–Crippen MR) is 103 cm³/mol. The molecule has 0 heterocycles. The van der Waals surface area contributed by atoms with E-state index < -0.39 is 6.03 Å². The first kappa shape index (κ1) is 19.1. The molecule has 25 heavy (non-hydrogen) atoms. The summed E-state index contributed by atoms with van der Waals surface area (Å²) in [6.45, 7) is 4.60. The Bertz CT molecular complexity index is 726. The van der Waals surface area contributed by atoms with Crippen molar-refractivity contribution in [3.05, 3.63) is 58.1 Å². The van der Waals surface area contributed by atoms with E-state index in [1.54, 1.807) is 24.3 Å².